The number of unbranched alkanes of at least 4 members (excludes halogenated alkanes) is 32. The van der Waals surface area contributed by atoms with Gasteiger partial charge in [-0.05, 0) is 82.4 Å². The molecular weight excluding hydrogens is 808 g/mol. The maximum Gasteiger partial charge on any atom is 1.00 e. The van der Waals surface area contributed by atoms with Gasteiger partial charge in [0.2, 0.25) is 0 Å². The fourth-order valence-electron chi connectivity index (χ4n) is 7.62. The van der Waals surface area contributed by atoms with Crippen LogP contribution in [-0.4, -0.2) is 38.1 Å². The molecular formula is C52H89KO7S. The molecule has 0 aromatic heterocycles. The van der Waals surface area contributed by atoms with Gasteiger partial charge in [-0.1, -0.05) is 205 Å². The first kappa shape index (κ1) is 60.2. The summed E-state index contributed by atoms with van der Waals surface area (Å²) in [5.74, 6) is -1.55. The fraction of sp³-hybridized carbons (Fsp3) is 0.769. The second-order valence-electron chi connectivity index (χ2n) is 17.1. The van der Waals surface area contributed by atoms with Crippen LogP contribution in [0.4, 0.5) is 0 Å². The van der Waals surface area contributed by atoms with Gasteiger partial charge in [0.05, 0.1) is 29.2 Å². The number of ether oxygens (including phenoxy) is 2. The first-order valence-corrected chi connectivity index (χ1v) is 26.5. The summed E-state index contributed by atoms with van der Waals surface area (Å²) in [4.78, 5) is 25.3. The Hall–Kier alpha value is -0.814. The molecule has 0 spiro atoms. The smallest absolute Gasteiger partial charge is 0.744 e. The van der Waals surface area contributed by atoms with Crippen molar-refractivity contribution in [2.45, 2.75) is 250 Å². The van der Waals surface area contributed by atoms with Gasteiger partial charge >= 0.3 is 63.3 Å². The van der Waals surface area contributed by atoms with E-state index in [0.717, 1.165) is 50.7 Å². The second kappa shape index (κ2) is 44.4. The largest absolute Gasteiger partial charge is 1.00 e. The molecule has 1 rings (SSSR count). The van der Waals surface area contributed by atoms with Crippen molar-refractivity contribution in [1.29, 1.82) is 0 Å². The van der Waals surface area contributed by atoms with Crippen LogP contribution >= 0.6 is 0 Å². The number of esters is 2. The molecule has 0 unspecified atom stereocenters. The summed E-state index contributed by atoms with van der Waals surface area (Å²) in [6.45, 7) is 4.90. The number of hydrogen-bond acceptors (Lipinski definition) is 7. The maximum atomic E-state index is 13.0. The SMILES string of the molecule is CCCCCCCCCC/C=C/CCCCCCCCCCOC(=O)c1ccc(S(=O)(=O)[O-])cc1C(=O)OCCCCCCCCCC/C=C/CCCCCCCCCC.[K+]. The van der Waals surface area contributed by atoms with Crippen molar-refractivity contribution in [3.63, 3.8) is 0 Å². The van der Waals surface area contributed by atoms with Crippen LogP contribution in [0, 0.1) is 0 Å². The van der Waals surface area contributed by atoms with Crippen molar-refractivity contribution < 1.29 is 83.4 Å². The van der Waals surface area contributed by atoms with Crippen molar-refractivity contribution in [3.8, 4) is 0 Å². The van der Waals surface area contributed by atoms with Gasteiger partial charge in [-0.25, -0.2) is 18.0 Å². The molecule has 0 aliphatic heterocycles. The molecule has 1 aromatic rings. The molecule has 0 aliphatic carbocycles. The van der Waals surface area contributed by atoms with E-state index in [1.807, 2.05) is 0 Å². The monoisotopic (exact) mass is 897 g/mol. The summed E-state index contributed by atoms with van der Waals surface area (Å²) in [6, 6.07) is 3.15. The first-order chi connectivity index (χ1) is 29.3. The molecule has 0 heterocycles. The molecule has 0 fully saturated rings. The van der Waals surface area contributed by atoms with Crippen molar-refractivity contribution in [3.05, 3.63) is 53.6 Å². The Balaban J connectivity index is 0.0000360. The van der Waals surface area contributed by atoms with Crippen molar-refractivity contribution in [2.24, 2.45) is 0 Å². The van der Waals surface area contributed by atoms with Crippen LogP contribution in [0.15, 0.2) is 47.4 Å². The van der Waals surface area contributed by atoms with Gasteiger partial charge in [-0.2, -0.15) is 0 Å². The molecule has 61 heavy (non-hydrogen) atoms. The van der Waals surface area contributed by atoms with Crippen LogP contribution in [0.25, 0.3) is 0 Å². The van der Waals surface area contributed by atoms with Gasteiger partial charge in [0, 0.05) is 0 Å². The summed E-state index contributed by atoms with van der Waals surface area (Å²) in [7, 11) is -4.82. The van der Waals surface area contributed by atoms with E-state index in [9.17, 15) is 22.6 Å². The molecule has 7 nitrogen and oxygen atoms in total. The summed E-state index contributed by atoms with van der Waals surface area (Å²) in [5, 5.41) is 0. The summed E-state index contributed by atoms with van der Waals surface area (Å²) >= 11 is 0. The Bertz CT molecular complexity index is 1340. The van der Waals surface area contributed by atoms with Gasteiger partial charge in [-0.15, -0.1) is 0 Å². The van der Waals surface area contributed by atoms with Crippen LogP contribution < -0.4 is 51.4 Å². The molecule has 0 saturated carbocycles. The van der Waals surface area contributed by atoms with Gasteiger partial charge < -0.3 is 14.0 Å². The van der Waals surface area contributed by atoms with Gasteiger partial charge in [0.15, 0.2) is 0 Å². The Labute approximate surface area is 418 Å². The molecule has 0 saturated heterocycles. The van der Waals surface area contributed by atoms with E-state index in [-0.39, 0.29) is 75.7 Å². The Kier molecular flexibility index (Phi) is 43.8. The van der Waals surface area contributed by atoms with Crippen molar-refractivity contribution in [1.82, 2.24) is 0 Å². The summed E-state index contributed by atoms with van der Waals surface area (Å²) < 4.78 is 45.9. The van der Waals surface area contributed by atoms with Crippen LogP contribution in [-0.2, 0) is 19.6 Å². The van der Waals surface area contributed by atoms with Crippen LogP contribution in [0.2, 0.25) is 0 Å². The Morgan fingerprint density at radius 3 is 1.03 bits per heavy atom. The van der Waals surface area contributed by atoms with Gasteiger partial charge in [0.25, 0.3) is 0 Å². The third kappa shape index (κ3) is 37.1. The predicted molar refractivity (Wildman–Crippen MR) is 251 cm³/mol. The van der Waals surface area contributed by atoms with Crippen LogP contribution in [0.5, 0.6) is 0 Å². The fourth-order valence-corrected chi connectivity index (χ4v) is 8.12. The second-order valence-corrected chi connectivity index (χ2v) is 18.5. The topological polar surface area (TPSA) is 110 Å². The average molecular weight is 897 g/mol. The molecule has 0 atom stereocenters. The Morgan fingerprint density at radius 2 is 0.721 bits per heavy atom. The minimum absolute atomic E-state index is 0. The van der Waals surface area contributed by atoms with E-state index in [2.05, 4.69) is 38.2 Å². The number of carbonyl (C=O) groups is 2. The minimum Gasteiger partial charge on any atom is -0.744 e. The molecule has 0 aliphatic rings. The summed E-state index contributed by atoms with van der Waals surface area (Å²) in [6.07, 6.45) is 53.7. The van der Waals surface area contributed by atoms with E-state index in [4.69, 9.17) is 9.47 Å². The molecule has 0 bridgehead atoms. The van der Waals surface area contributed by atoms with Gasteiger partial charge in [-0.3, -0.25) is 0 Å². The third-order valence-corrected chi connectivity index (χ3v) is 12.3. The van der Waals surface area contributed by atoms with Crippen LogP contribution in [0.3, 0.4) is 0 Å². The Morgan fingerprint density at radius 1 is 0.443 bits per heavy atom. The van der Waals surface area contributed by atoms with E-state index >= 15 is 0 Å². The number of allylic oxidation sites excluding steroid dienone is 4. The van der Waals surface area contributed by atoms with Crippen LogP contribution in [0.1, 0.15) is 266 Å². The zero-order chi connectivity index (χ0) is 43.6. The van der Waals surface area contributed by atoms with E-state index in [1.165, 1.54) is 186 Å². The summed E-state index contributed by atoms with van der Waals surface area (Å²) in [5.41, 5.74) is -0.340. The van der Waals surface area contributed by atoms with E-state index in [1.54, 1.807) is 0 Å². The molecule has 346 valence electrons. The maximum absolute atomic E-state index is 13.0. The predicted octanol–water partition coefficient (Wildman–Crippen LogP) is 13.1. The minimum atomic E-state index is -4.82. The number of rotatable bonds is 43. The van der Waals surface area contributed by atoms with Crippen molar-refractivity contribution in [2.75, 3.05) is 13.2 Å². The van der Waals surface area contributed by atoms with E-state index < -0.39 is 27.0 Å². The molecule has 9 heteroatoms. The number of carbonyl (C=O) groups excluding carboxylic acids is 2. The zero-order valence-corrected chi connectivity index (χ0v) is 43.6. The number of benzene rings is 1. The average Bonchev–Trinajstić information content (AvgIpc) is 3.24. The quantitative estimate of drug-likeness (QED) is 0.0211. The molecule has 0 amide bonds. The first-order valence-electron chi connectivity index (χ1n) is 25.0. The molecule has 0 N–H and O–H groups in total. The van der Waals surface area contributed by atoms with E-state index in [0.29, 0.717) is 12.8 Å². The third-order valence-electron chi connectivity index (χ3n) is 11.5. The zero-order valence-electron chi connectivity index (χ0n) is 39.7. The standard InChI is InChI=1S/C52H90O7S.K/c1-3-5-7-9-11-13-15-17-19-21-23-25-27-29-31-33-35-37-39-41-45-58-51(53)49-44-43-48(60(55,56)57)47-50(49)52(54)59-46-42-40-38-36-34-32-30-28-26-24-22-20-18-16-14-12-10-8-6-4-2;/h21-24,43-44,47H,3-20,25-42,45-46H2,1-2H3,(H,55,56,57);/q;+1/p-1/b23-21+,24-22+;. The van der Waals surface area contributed by atoms with Gasteiger partial charge in [0.1, 0.15) is 10.1 Å². The number of hydrogen-bond donors (Lipinski definition) is 0. The molecule has 0 radical (unpaired) electrons. The van der Waals surface area contributed by atoms with Crippen molar-refractivity contribution >= 4 is 22.1 Å². The normalized spacial score (nSPS) is 11.7. The molecule has 1 aromatic carbocycles.